The lowest BCUT2D eigenvalue weighted by Gasteiger charge is -2.06. The maximum Gasteiger partial charge on any atom is 0.207 e. The maximum absolute atomic E-state index is 12.3. The van der Waals surface area contributed by atoms with Gasteiger partial charge >= 0.3 is 0 Å². The maximum atomic E-state index is 12.3. The van der Waals surface area contributed by atoms with Crippen molar-refractivity contribution in [3.05, 3.63) is 53.9 Å². The van der Waals surface area contributed by atoms with Crippen molar-refractivity contribution in [3.8, 4) is 0 Å². The number of sulfone groups is 1. The van der Waals surface area contributed by atoms with Gasteiger partial charge < -0.3 is 0 Å². The quantitative estimate of drug-likeness (QED) is 0.793. The van der Waals surface area contributed by atoms with Crippen LogP contribution in [0, 0.1) is 6.92 Å². The van der Waals surface area contributed by atoms with Gasteiger partial charge in [0.15, 0.2) is 6.29 Å². The summed E-state index contributed by atoms with van der Waals surface area (Å²) in [5.74, 6) is 0. The molecule has 0 saturated heterocycles. The number of rotatable bonds is 3. The highest BCUT2D eigenvalue weighted by molar-refractivity contribution is 7.91. The number of hydrogen-bond donors (Lipinski definition) is 0. The zero-order valence-corrected chi connectivity index (χ0v) is 10.5. The van der Waals surface area contributed by atoms with Gasteiger partial charge in [-0.25, -0.2) is 8.42 Å². The van der Waals surface area contributed by atoms with E-state index < -0.39 is 9.84 Å². The van der Waals surface area contributed by atoms with Crippen molar-refractivity contribution in [3.63, 3.8) is 0 Å². The minimum absolute atomic E-state index is 0.0173. The average Bonchev–Trinajstić information content (AvgIpc) is 2.39. The standard InChI is InChI=1S/C13H11NO3S/c1-10-2-4-12(5-3-10)18(16,17)13-6-7-14-8-11(13)9-15/h2-9H,1H3. The SMILES string of the molecule is Cc1ccc(S(=O)(=O)c2ccncc2C=O)cc1. The van der Waals surface area contributed by atoms with Gasteiger partial charge in [0.1, 0.15) is 0 Å². The molecule has 1 aromatic heterocycles. The number of carbonyl (C=O) groups excluding carboxylic acids is 1. The smallest absolute Gasteiger partial charge is 0.207 e. The first-order valence-corrected chi connectivity index (χ1v) is 6.75. The van der Waals surface area contributed by atoms with Crippen LogP contribution in [-0.4, -0.2) is 19.7 Å². The molecular weight excluding hydrogens is 250 g/mol. The van der Waals surface area contributed by atoms with E-state index in [0.717, 1.165) is 5.56 Å². The number of carbonyl (C=O) groups is 1. The number of aryl methyl sites for hydroxylation is 1. The molecule has 0 aliphatic rings. The Morgan fingerprint density at radius 3 is 2.39 bits per heavy atom. The average molecular weight is 261 g/mol. The van der Waals surface area contributed by atoms with E-state index in [1.807, 2.05) is 6.92 Å². The van der Waals surface area contributed by atoms with E-state index in [2.05, 4.69) is 4.98 Å². The Bertz CT molecular complexity index is 676. The summed E-state index contributed by atoms with van der Waals surface area (Å²) in [6.45, 7) is 1.87. The predicted molar refractivity (Wildman–Crippen MR) is 66.3 cm³/mol. The molecule has 0 unspecified atom stereocenters. The number of pyridine rings is 1. The van der Waals surface area contributed by atoms with Gasteiger partial charge in [-0.15, -0.1) is 0 Å². The molecular formula is C13H11NO3S. The lowest BCUT2D eigenvalue weighted by atomic mass is 10.2. The predicted octanol–water partition coefficient (Wildman–Crippen LogP) is 2.04. The molecule has 5 heteroatoms. The molecule has 0 aliphatic carbocycles. The third-order valence-corrected chi connectivity index (χ3v) is 4.40. The van der Waals surface area contributed by atoms with E-state index >= 15 is 0 Å². The molecule has 92 valence electrons. The second-order valence-electron chi connectivity index (χ2n) is 3.85. The highest BCUT2D eigenvalue weighted by atomic mass is 32.2. The van der Waals surface area contributed by atoms with Gasteiger partial charge in [-0.1, -0.05) is 17.7 Å². The molecule has 4 nitrogen and oxygen atoms in total. The van der Waals surface area contributed by atoms with Crippen molar-refractivity contribution < 1.29 is 13.2 Å². The Balaban J connectivity index is 2.61. The summed E-state index contributed by atoms with van der Waals surface area (Å²) in [6.07, 6.45) is 3.09. The van der Waals surface area contributed by atoms with Gasteiger partial charge in [-0.05, 0) is 25.1 Å². The minimum atomic E-state index is -3.67. The van der Waals surface area contributed by atoms with Crippen LogP contribution in [0.3, 0.4) is 0 Å². The molecule has 2 rings (SSSR count). The third kappa shape index (κ3) is 2.17. The van der Waals surface area contributed by atoms with Gasteiger partial charge in [0, 0.05) is 12.4 Å². The van der Waals surface area contributed by atoms with Crippen LogP contribution in [0.2, 0.25) is 0 Å². The van der Waals surface area contributed by atoms with Crippen LogP contribution in [0.1, 0.15) is 15.9 Å². The van der Waals surface area contributed by atoms with Gasteiger partial charge in [0.05, 0.1) is 15.4 Å². The molecule has 0 aliphatic heterocycles. The first-order valence-electron chi connectivity index (χ1n) is 5.26. The Labute approximate surface area is 105 Å². The Kier molecular flexibility index (Phi) is 3.25. The Morgan fingerprint density at radius 2 is 1.78 bits per heavy atom. The van der Waals surface area contributed by atoms with Crippen LogP contribution >= 0.6 is 0 Å². The lowest BCUT2D eigenvalue weighted by Crippen LogP contribution is -2.05. The Morgan fingerprint density at radius 1 is 1.11 bits per heavy atom. The zero-order valence-electron chi connectivity index (χ0n) is 9.70. The topological polar surface area (TPSA) is 64.1 Å². The van der Waals surface area contributed by atoms with Gasteiger partial charge in [-0.2, -0.15) is 0 Å². The van der Waals surface area contributed by atoms with Crippen LogP contribution < -0.4 is 0 Å². The van der Waals surface area contributed by atoms with E-state index in [1.165, 1.54) is 30.6 Å². The van der Waals surface area contributed by atoms with Crippen LogP contribution in [0.4, 0.5) is 0 Å². The second kappa shape index (κ2) is 4.70. The number of benzene rings is 1. The van der Waals surface area contributed by atoms with E-state index in [4.69, 9.17) is 0 Å². The second-order valence-corrected chi connectivity index (χ2v) is 5.77. The van der Waals surface area contributed by atoms with Crippen LogP contribution in [-0.2, 0) is 9.84 Å². The molecule has 0 bridgehead atoms. The fourth-order valence-electron chi connectivity index (χ4n) is 1.57. The number of hydrogen-bond acceptors (Lipinski definition) is 4. The summed E-state index contributed by atoms with van der Waals surface area (Å²) >= 11 is 0. The molecule has 2 aromatic rings. The monoisotopic (exact) mass is 261 g/mol. The molecule has 0 radical (unpaired) electrons. The fraction of sp³-hybridized carbons (Fsp3) is 0.0769. The van der Waals surface area contributed by atoms with Gasteiger partial charge in [0.2, 0.25) is 9.84 Å². The van der Waals surface area contributed by atoms with Crippen molar-refractivity contribution in [2.75, 3.05) is 0 Å². The zero-order chi connectivity index (χ0) is 13.2. The van der Waals surface area contributed by atoms with E-state index in [0.29, 0.717) is 6.29 Å². The largest absolute Gasteiger partial charge is 0.298 e. The van der Waals surface area contributed by atoms with E-state index in [1.54, 1.807) is 12.1 Å². The molecule has 0 fully saturated rings. The van der Waals surface area contributed by atoms with Crippen LogP contribution in [0.5, 0.6) is 0 Å². The summed E-state index contributed by atoms with van der Waals surface area (Å²) < 4.78 is 24.7. The van der Waals surface area contributed by atoms with Crippen molar-refractivity contribution in [1.29, 1.82) is 0 Å². The molecule has 0 spiro atoms. The summed E-state index contributed by atoms with van der Waals surface area (Å²) in [5.41, 5.74) is 1.04. The molecule has 0 N–H and O–H groups in total. The van der Waals surface area contributed by atoms with Crippen molar-refractivity contribution >= 4 is 16.1 Å². The highest BCUT2D eigenvalue weighted by Crippen LogP contribution is 2.22. The number of aldehydes is 1. The summed E-state index contributed by atoms with van der Waals surface area (Å²) in [5, 5.41) is 0. The molecule has 1 aromatic carbocycles. The van der Waals surface area contributed by atoms with E-state index in [9.17, 15) is 13.2 Å². The van der Waals surface area contributed by atoms with Crippen molar-refractivity contribution in [2.45, 2.75) is 16.7 Å². The molecule has 0 saturated carbocycles. The van der Waals surface area contributed by atoms with E-state index in [-0.39, 0.29) is 15.4 Å². The summed E-state index contributed by atoms with van der Waals surface area (Å²) in [4.78, 5) is 14.7. The first kappa shape index (κ1) is 12.4. The summed E-state index contributed by atoms with van der Waals surface area (Å²) in [7, 11) is -3.67. The molecule has 0 atom stereocenters. The van der Waals surface area contributed by atoms with Crippen molar-refractivity contribution in [2.24, 2.45) is 0 Å². The normalized spacial score (nSPS) is 11.2. The van der Waals surface area contributed by atoms with Crippen molar-refractivity contribution in [1.82, 2.24) is 4.98 Å². The minimum Gasteiger partial charge on any atom is -0.298 e. The van der Waals surface area contributed by atoms with Crippen LogP contribution in [0.25, 0.3) is 0 Å². The van der Waals surface area contributed by atoms with Gasteiger partial charge in [-0.3, -0.25) is 9.78 Å². The fourth-order valence-corrected chi connectivity index (χ4v) is 2.97. The van der Waals surface area contributed by atoms with Crippen LogP contribution in [0.15, 0.2) is 52.5 Å². The third-order valence-electron chi connectivity index (χ3n) is 2.56. The Hall–Kier alpha value is -2.01. The number of aromatic nitrogens is 1. The molecule has 18 heavy (non-hydrogen) atoms. The molecule has 1 heterocycles. The first-order chi connectivity index (χ1) is 8.55. The summed E-state index contributed by atoms with van der Waals surface area (Å²) in [6, 6.07) is 7.82. The molecule has 0 amide bonds. The van der Waals surface area contributed by atoms with Gasteiger partial charge in [0.25, 0.3) is 0 Å². The lowest BCUT2D eigenvalue weighted by molar-refractivity contribution is 0.112. The highest BCUT2D eigenvalue weighted by Gasteiger charge is 2.20. The number of nitrogens with zero attached hydrogens (tertiary/aromatic N) is 1.